The SMILES string of the molecule is COc1ccc(-c2nc(C(=O)O)c(Br)s2)cc1. The van der Waals surface area contributed by atoms with Crippen LogP contribution in [-0.4, -0.2) is 23.2 Å². The minimum Gasteiger partial charge on any atom is -0.497 e. The van der Waals surface area contributed by atoms with Gasteiger partial charge < -0.3 is 9.84 Å². The van der Waals surface area contributed by atoms with Gasteiger partial charge in [0.05, 0.1) is 7.11 Å². The van der Waals surface area contributed by atoms with Crippen LogP contribution in [0.1, 0.15) is 10.5 Å². The van der Waals surface area contributed by atoms with Crippen LogP contribution in [0, 0.1) is 0 Å². The van der Waals surface area contributed by atoms with Crippen LogP contribution in [0.3, 0.4) is 0 Å². The third-order valence-corrected chi connectivity index (χ3v) is 3.88. The monoisotopic (exact) mass is 313 g/mol. The molecule has 88 valence electrons. The van der Waals surface area contributed by atoms with Crippen LogP contribution in [0.15, 0.2) is 28.1 Å². The number of carboxylic acid groups (broad SMARTS) is 1. The van der Waals surface area contributed by atoms with Gasteiger partial charge in [-0.3, -0.25) is 0 Å². The van der Waals surface area contributed by atoms with Crippen molar-refractivity contribution in [1.82, 2.24) is 4.98 Å². The normalized spacial score (nSPS) is 10.2. The van der Waals surface area contributed by atoms with Gasteiger partial charge in [0.1, 0.15) is 14.5 Å². The topological polar surface area (TPSA) is 59.4 Å². The van der Waals surface area contributed by atoms with E-state index in [-0.39, 0.29) is 5.69 Å². The number of hydrogen-bond acceptors (Lipinski definition) is 4. The van der Waals surface area contributed by atoms with Gasteiger partial charge in [-0.15, -0.1) is 11.3 Å². The summed E-state index contributed by atoms with van der Waals surface area (Å²) in [6.07, 6.45) is 0. The first-order chi connectivity index (χ1) is 8.11. The van der Waals surface area contributed by atoms with Crippen LogP contribution in [0.4, 0.5) is 0 Å². The summed E-state index contributed by atoms with van der Waals surface area (Å²) in [4.78, 5) is 14.9. The number of nitrogens with zero attached hydrogens (tertiary/aromatic N) is 1. The molecule has 2 aromatic rings. The molecule has 0 saturated heterocycles. The van der Waals surface area contributed by atoms with Gasteiger partial charge in [0.2, 0.25) is 0 Å². The molecule has 0 radical (unpaired) electrons. The van der Waals surface area contributed by atoms with E-state index in [0.717, 1.165) is 11.3 Å². The fourth-order valence-corrected chi connectivity index (χ4v) is 2.80. The second kappa shape index (κ2) is 4.85. The van der Waals surface area contributed by atoms with Crippen molar-refractivity contribution in [2.24, 2.45) is 0 Å². The third-order valence-electron chi connectivity index (χ3n) is 2.13. The molecule has 1 N–H and O–H groups in total. The maximum Gasteiger partial charge on any atom is 0.356 e. The number of methoxy groups -OCH3 is 1. The predicted octanol–water partition coefficient (Wildman–Crippen LogP) is 3.28. The van der Waals surface area contributed by atoms with Crippen LogP contribution in [-0.2, 0) is 0 Å². The highest BCUT2D eigenvalue weighted by atomic mass is 79.9. The van der Waals surface area contributed by atoms with Crippen molar-refractivity contribution in [2.75, 3.05) is 7.11 Å². The largest absolute Gasteiger partial charge is 0.497 e. The maximum atomic E-state index is 10.9. The minimum atomic E-state index is -1.03. The average Bonchev–Trinajstić information content (AvgIpc) is 2.71. The number of aromatic nitrogens is 1. The van der Waals surface area contributed by atoms with Crippen molar-refractivity contribution in [1.29, 1.82) is 0 Å². The second-order valence-electron chi connectivity index (χ2n) is 3.17. The zero-order valence-corrected chi connectivity index (χ0v) is 11.2. The van der Waals surface area contributed by atoms with Crippen LogP contribution in [0.2, 0.25) is 0 Å². The van der Waals surface area contributed by atoms with Crippen LogP contribution in [0.5, 0.6) is 5.75 Å². The standard InChI is InChI=1S/C11H8BrNO3S/c1-16-7-4-2-6(3-5-7)10-13-8(11(14)15)9(12)17-10/h2-5H,1H3,(H,14,15). The lowest BCUT2D eigenvalue weighted by atomic mass is 10.2. The van der Waals surface area contributed by atoms with E-state index in [1.807, 2.05) is 24.3 Å². The fraction of sp³-hybridized carbons (Fsp3) is 0.0909. The summed E-state index contributed by atoms with van der Waals surface area (Å²) in [6, 6.07) is 7.31. The Kier molecular flexibility index (Phi) is 3.44. The Morgan fingerprint density at radius 1 is 1.41 bits per heavy atom. The van der Waals surface area contributed by atoms with Gasteiger partial charge in [-0.05, 0) is 40.2 Å². The van der Waals surface area contributed by atoms with E-state index < -0.39 is 5.97 Å². The summed E-state index contributed by atoms with van der Waals surface area (Å²) >= 11 is 4.49. The van der Waals surface area contributed by atoms with Gasteiger partial charge in [0, 0.05) is 5.56 Å². The lowest BCUT2D eigenvalue weighted by Crippen LogP contribution is -1.96. The molecule has 0 fully saturated rings. The van der Waals surface area contributed by atoms with Crippen molar-refractivity contribution in [3.63, 3.8) is 0 Å². The molecular formula is C11H8BrNO3S. The summed E-state index contributed by atoms with van der Waals surface area (Å²) in [6.45, 7) is 0. The number of ether oxygens (including phenoxy) is 1. The van der Waals surface area contributed by atoms with Crippen molar-refractivity contribution in [3.05, 3.63) is 33.7 Å². The van der Waals surface area contributed by atoms with Gasteiger partial charge >= 0.3 is 5.97 Å². The van der Waals surface area contributed by atoms with Crippen LogP contribution < -0.4 is 4.74 Å². The Balaban J connectivity index is 2.39. The lowest BCUT2D eigenvalue weighted by Gasteiger charge is -1.99. The highest BCUT2D eigenvalue weighted by Crippen LogP contribution is 2.32. The van der Waals surface area contributed by atoms with E-state index in [9.17, 15) is 4.79 Å². The molecule has 1 aromatic heterocycles. The quantitative estimate of drug-likeness (QED) is 0.944. The molecule has 0 saturated carbocycles. The molecule has 0 amide bonds. The van der Waals surface area contributed by atoms with Gasteiger partial charge in [0.15, 0.2) is 5.69 Å². The Hall–Kier alpha value is -1.40. The Labute approximate surface area is 110 Å². The van der Waals surface area contributed by atoms with Crippen molar-refractivity contribution < 1.29 is 14.6 Å². The van der Waals surface area contributed by atoms with E-state index in [0.29, 0.717) is 8.79 Å². The molecule has 6 heteroatoms. The third kappa shape index (κ3) is 2.48. The lowest BCUT2D eigenvalue weighted by molar-refractivity contribution is 0.0690. The summed E-state index contributed by atoms with van der Waals surface area (Å²) in [5, 5.41) is 9.57. The Morgan fingerprint density at radius 2 is 2.06 bits per heavy atom. The number of rotatable bonds is 3. The Bertz CT molecular complexity index is 550. The zero-order chi connectivity index (χ0) is 12.4. The highest BCUT2D eigenvalue weighted by molar-refractivity contribution is 9.11. The first-order valence-electron chi connectivity index (χ1n) is 4.66. The molecule has 2 rings (SSSR count). The Morgan fingerprint density at radius 3 is 2.53 bits per heavy atom. The van der Waals surface area contributed by atoms with Gasteiger partial charge in [-0.1, -0.05) is 0 Å². The van der Waals surface area contributed by atoms with E-state index in [4.69, 9.17) is 9.84 Å². The molecule has 4 nitrogen and oxygen atoms in total. The first-order valence-corrected chi connectivity index (χ1v) is 6.27. The number of hydrogen-bond donors (Lipinski definition) is 1. The molecule has 0 unspecified atom stereocenters. The molecule has 17 heavy (non-hydrogen) atoms. The number of aromatic carboxylic acids is 1. The molecule has 0 atom stereocenters. The molecule has 0 aliphatic rings. The number of carbonyl (C=O) groups is 1. The number of thiazole rings is 1. The molecule has 1 aromatic carbocycles. The predicted molar refractivity (Wildman–Crippen MR) is 68.8 cm³/mol. The summed E-state index contributed by atoms with van der Waals surface area (Å²) in [7, 11) is 1.59. The first kappa shape index (κ1) is 12.1. The molecule has 0 aliphatic carbocycles. The molecule has 1 heterocycles. The van der Waals surface area contributed by atoms with Crippen LogP contribution >= 0.6 is 27.3 Å². The summed E-state index contributed by atoms with van der Waals surface area (Å²) < 4.78 is 5.58. The van der Waals surface area contributed by atoms with E-state index in [1.165, 1.54) is 11.3 Å². The molecule has 0 spiro atoms. The van der Waals surface area contributed by atoms with Crippen LogP contribution in [0.25, 0.3) is 10.6 Å². The molecule has 0 aliphatic heterocycles. The van der Waals surface area contributed by atoms with Gasteiger partial charge in [-0.2, -0.15) is 0 Å². The summed E-state index contributed by atoms with van der Waals surface area (Å²) in [5.74, 6) is -0.282. The number of halogens is 1. The molecular weight excluding hydrogens is 306 g/mol. The van der Waals surface area contributed by atoms with Crippen molar-refractivity contribution >= 4 is 33.2 Å². The fourth-order valence-electron chi connectivity index (χ4n) is 1.29. The average molecular weight is 314 g/mol. The summed E-state index contributed by atoms with van der Waals surface area (Å²) in [5.41, 5.74) is 0.907. The van der Waals surface area contributed by atoms with Gasteiger partial charge in [0.25, 0.3) is 0 Å². The maximum absolute atomic E-state index is 10.9. The number of carboxylic acids is 1. The van der Waals surface area contributed by atoms with E-state index in [2.05, 4.69) is 20.9 Å². The molecule has 0 bridgehead atoms. The zero-order valence-electron chi connectivity index (χ0n) is 8.81. The van der Waals surface area contributed by atoms with Gasteiger partial charge in [-0.25, -0.2) is 9.78 Å². The van der Waals surface area contributed by atoms with E-state index in [1.54, 1.807) is 7.11 Å². The minimum absolute atomic E-state index is 0.0424. The smallest absolute Gasteiger partial charge is 0.356 e. The van der Waals surface area contributed by atoms with Crippen molar-refractivity contribution in [3.8, 4) is 16.3 Å². The highest BCUT2D eigenvalue weighted by Gasteiger charge is 2.16. The van der Waals surface area contributed by atoms with Crippen molar-refractivity contribution in [2.45, 2.75) is 0 Å². The number of benzene rings is 1. The second-order valence-corrected chi connectivity index (χ2v) is 5.49. The van der Waals surface area contributed by atoms with E-state index >= 15 is 0 Å².